The average molecular weight is 604 g/mol. The van der Waals surface area contributed by atoms with Crippen molar-refractivity contribution in [2.24, 2.45) is 5.73 Å². The van der Waals surface area contributed by atoms with Crippen molar-refractivity contribution in [3.63, 3.8) is 0 Å². The summed E-state index contributed by atoms with van der Waals surface area (Å²) in [4.78, 5) is 7.43. The number of aliphatic hydroxyl groups excluding tert-OH is 1. The molecule has 0 spiro atoms. The van der Waals surface area contributed by atoms with Gasteiger partial charge in [0.25, 0.3) is 0 Å². The van der Waals surface area contributed by atoms with Crippen LogP contribution < -0.4 is 15.4 Å². The van der Waals surface area contributed by atoms with Crippen LogP contribution in [0.25, 0.3) is 16.2 Å². The van der Waals surface area contributed by atoms with Crippen LogP contribution in [-0.2, 0) is 39.1 Å². The number of hydrogen-bond donors (Lipinski definition) is 4. The van der Waals surface area contributed by atoms with Gasteiger partial charge in [0.1, 0.15) is 18.5 Å². The molecule has 0 aliphatic carbocycles. The SMILES string of the molecule is NCC(O)COc1ccc(C2[N-]CCc3c2[nH]c2ccc(Cl)cc32)cc1.OOc1ccc(Cl)cc1.[Y]. The first-order chi connectivity index (χ1) is 17.0. The first-order valence-corrected chi connectivity index (χ1v) is 11.9. The molecule has 0 bridgehead atoms. The molecule has 0 saturated heterocycles. The summed E-state index contributed by atoms with van der Waals surface area (Å²) >= 11 is 11.7. The van der Waals surface area contributed by atoms with E-state index < -0.39 is 6.10 Å². The number of aromatic amines is 1. The van der Waals surface area contributed by atoms with Gasteiger partial charge < -0.3 is 30.8 Å². The van der Waals surface area contributed by atoms with Crippen LogP contribution in [-0.4, -0.2) is 41.1 Å². The van der Waals surface area contributed by atoms with E-state index in [9.17, 15) is 5.11 Å². The summed E-state index contributed by atoms with van der Waals surface area (Å²) in [6.07, 6.45) is 0.272. The van der Waals surface area contributed by atoms with E-state index in [0.29, 0.717) is 16.5 Å². The molecule has 0 fully saturated rings. The van der Waals surface area contributed by atoms with E-state index in [4.69, 9.17) is 44.2 Å². The van der Waals surface area contributed by atoms with Gasteiger partial charge in [-0.25, -0.2) is 5.26 Å². The number of rotatable bonds is 6. The summed E-state index contributed by atoms with van der Waals surface area (Å²) in [5.74, 6) is 1.10. The maximum atomic E-state index is 9.50. The van der Waals surface area contributed by atoms with E-state index in [1.807, 2.05) is 42.5 Å². The van der Waals surface area contributed by atoms with Crippen molar-refractivity contribution < 1.29 is 52.7 Å². The van der Waals surface area contributed by atoms with E-state index in [1.165, 1.54) is 10.9 Å². The number of H-pyrrole nitrogens is 1. The molecule has 36 heavy (non-hydrogen) atoms. The van der Waals surface area contributed by atoms with Gasteiger partial charge in [-0.2, -0.15) is 0 Å². The summed E-state index contributed by atoms with van der Waals surface area (Å²) in [6, 6.07) is 20.2. The molecule has 4 aromatic rings. The van der Waals surface area contributed by atoms with Crippen LogP contribution in [0.3, 0.4) is 0 Å². The summed E-state index contributed by atoms with van der Waals surface area (Å²) in [7, 11) is 0. The minimum Gasteiger partial charge on any atom is -0.650 e. The molecular formula is C26H26Cl2N3O4Y-. The second kappa shape index (κ2) is 13.7. The fraction of sp³-hybridized carbons (Fsp3) is 0.231. The molecule has 2 atom stereocenters. The van der Waals surface area contributed by atoms with Crippen LogP contribution >= 0.6 is 23.2 Å². The van der Waals surface area contributed by atoms with Crippen molar-refractivity contribution in [3.05, 3.63) is 98.9 Å². The third-order valence-electron chi connectivity index (χ3n) is 5.68. The van der Waals surface area contributed by atoms with Gasteiger partial charge in [-0.15, -0.1) is 6.54 Å². The first-order valence-electron chi connectivity index (χ1n) is 11.1. The Morgan fingerprint density at radius 3 is 2.33 bits per heavy atom. The number of nitrogens with one attached hydrogen (secondary N) is 1. The number of fused-ring (bicyclic) bond motifs is 3. The Kier molecular flexibility index (Phi) is 11.0. The zero-order valence-electron chi connectivity index (χ0n) is 19.4. The molecule has 2 heterocycles. The minimum atomic E-state index is -0.649. The Morgan fingerprint density at radius 2 is 1.67 bits per heavy atom. The zero-order valence-corrected chi connectivity index (χ0v) is 23.8. The Labute approximate surface area is 244 Å². The number of halogens is 2. The fourth-order valence-electron chi connectivity index (χ4n) is 3.91. The Hall–Kier alpha value is -1.68. The number of hydrogen-bond acceptors (Lipinski definition) is 5. The quantitative estimate of drug-likeness (QED) is 0.166. The topological polar surface area (TPSA) is 115 Å². The zero-order chi connectivity index (χ0) is 24.8. The van der Waals surface area contributed by atoms with Crippen molar-refractivity contribution in [3.8, 4) is 11.5 Å². The van der Waals surface area contributed by atoms with Gasteiger partial charge >= 0.3 is 0 Å². The number of nitrogens with zero attached hydrogens (tertiary/aromatic N) is 1. The summed E-state index contributed by atoms with van der Waals surface area (Å²) in [5, 5.41) is 25.0. The number of ether oxygens (including phenoxy) is 1. The number of aliphatic hydroxyl groups is 1. The summed E-state index contributed by atoms with van der Waals surface area (Å²) in [5.41, 5.74) is 10.0. The van der Waals surface area contributed by atoms with E-state index in [2.05, 4.69) is 9.87 Å². The molecule has 1 aromatic heterocycles. The molecule has 2 unspecified atom stereocenters. The smallest absolute Gasteiger partial charge is 0.165 e. The molecule has 1 radical (unpaired) electrons. The first kappa shape index (κ1) is 28.9. The Bertz CT molecular complexity index is 1250. The molecule has 7 nitrogen and oxygen atoms in total. The van der Waals surface area contributed by atoms with Gasteiger partial charge in [0.2, 0.25) is 0 Å². The van der Waals surface area contributed by atoms with Crippen LogP contribution in [0.15, 0.2) is 66.7 Å². The second-order valence-corrected chi connectivity index (χ2v) is 8.95. The standard InChI is InChI=1S/C20H21ClN3O2.C6H5ClO2.Y/c21-13-3-6-18-17(9-13)16-7-8-23-19(20(16)24-18)12-1-4-15(5-2-12)26-11-14(25)10-22;7-5-1-3-6(9-8)4-2-5;/h1-6,9,14,19,24-25H,7-8,10-11,22H2;1-4,8H;/q-1;;. The summed E-state index contributed by atoms with van der Waals surface area (Å²) in [6.45, 7) is 1.17. The van der Waals surface area contributed by atoms with Gasteiger partial charge in [-0.05, 0) is 66.6 Å². The normalized spacial score (nSPS) is 15.2. The van der Waals surface area contributed by atoms with Gasteiger partial charge in [-0.3, -0.25) is 0 Å². The van der Waals surface area contributed by atoms with E-state index in [0.717, 1.165) is 34.8 Å². The third-order valence-corrected chi connectivity index (χ3v) is 6.16. The van der Waals surface area contributed by atoms with Crippen molar-refractivity contribution in [1.82, 2.24) is 4.98 Å². The van der Waals surface area contributed by atoms with Crippen LogP contribution in [0, 0.1) is 0 Å². The second-order valence-electron chi connectivity index (χ2n) is 8.08. The molecule has 0 saturated carbocycles. The molecule has 3 aromatic carbocycles. The van der Waals surface area contributed by atoms with Crippen LogP contribution in [0.1, 0.15) is 22.9 Å². The molecule has 10 heteroatoms. The van der Waals surface area contributed by atoms with Gasteiger partial charge in [0.05, 0.1) is 0 Å². The molecule has 5 rings (SSSR count). The van der Waals surface area contributed by atoms with Crippen LogP contribution in [0.5, 0.6) is 11.5 Å². The average Bonchev–Trinajstić information content (AvgIpc) is 3.26. The molecule has 5 N–H and O–H groups in total. The molecule has 0 amide bonds. The Morgan fingerprint density at radius 1 is 1.00 bits per heavy atom. The summed E-state index contributed by atoms with van der Waals surface area (Å²) < 4.78 is 5.55. The van der Waals surface area contributed by atoms with E-state index in [-0.39, 0.29) is 51.9 Å². The number of nitrogens with two attached hydrogens (primary N) is 1. The van der Waals surface area contributed by atoms with Crippen molar-refractivity contribution >= 4 is 34.1 Å². The van der Waals surface area contributed by atoms with Crippen molar-refractivity contribution in [2.75, 3.05) is 19.7 Å². The van der Waals surface area contributed by atoms with Gasteiger partial charge in [0.15, 0.2) is 5.75 Å². The van der Waals surface area contributed by atoms with Crippen LogP contribution in [0.4, 0.5) is 0 Å². The molecular weight excluding hydrogens is 578 g/mol. The van der Waals surface area contributed by atoms with Gasteiger partial charge in [0, 0.05) is 65.9 Å². The maximum Gasteiger partial charge on any atom is 0.165 e. The van der Waals surface area contributed by atoms with Gasteiger partial charge in [-0.1, -0.05) is 46.9 Å². The fourth-order valence-corrected chi connectivity index (χ4v) is 4.21. The van der Waals surface area contributed by atoms with E-state index >= 15 is 0 Å². The maximum absolute atomic E-state index is 9.50. The third kappa shape index (κ3) is 7.21. The van der Waals surface area contributed by atoms with Crippen LogP contribution in [0.2, 0.25) is 10.0 Å². The number of benzene rings is 3. The number of aromatic nitrogens is 1. The predicted molar refractivity (Wildman–Crippen MR) is 139 cm³/mol. The van der Waals surface area contributed by atoms with Crippen molar-refractivity contribution in [2.45, 2.75) is 18.6 Å². The van der Waals surface area contributed by atoms with Crippen molar-refractivity contribution in [1.29, 1.82) is 0 Å². The monoisotopic (exact) mass is 603 g/mol. The Balaban J connectivity index is 0.000000307. The van der Waals surface area contributed by atoms with E-state index in [1.54, 1.807) is 24.3 Å². The predicted octanol–water partition coefficient (Wildman–Crippen LogP) is 5.73. The minimum absolute atomic E-state index is 0. The molecule has 1 aliphatic rings. The molecule has 1 aliphatic heterocycles. The largest absolute Gasteiger partial charge is 0.650 e. The molecule has 187 valence electrons.